The molecule has 121 heavy (non-hydrogen) atoms. The number of carbonyl (C=O) groups is 2. The number of rotatable bonds is 76. The maximum Gasteiger partial charge on any atom is 0.203 e. The van der Waals surface area contributed by atoms with Crippen LogP contribution in [0.4, 0.5) is 11.4 Å². The van der Waals surface area contributed by atoms with Crippen LogP contribution < -0.4 is 39.9 Å². The molecule has 10 heteroatoms. The fraction of sp³-hybridized carbons (Fsp3) is 0.748. The maximum absolute atomic E-state index is 15.5. The lowest BCUT2D eigenvalue weighted by atomic mass is 9.64. The number of nitrogens with zero attached hydrogens (tertiary/aromatic N) is 4. The predicted octanol–water partition coefficient (Wildman–Crippen LogP) is 29.9. The van der Waals surface area contributed by atoms with Crippen molar-refractivity contribution in [3.8, 4) is 22.6 Å². The molecule has 0 N–H and O–H groups in total. The normalized spacial score (nSPS) is 13.4. The number of benzene rings is 4. The van der Waals surface area contributed by atoms with Crippen molar-refractivity contribution in [1.82, 2.24) is 9.15 Å². The van der Waals surface area contributed by atoms with Crippen molar-refractivity contribution < 1.29 is 28.6 Å². The van der Waals surface area contributed by atoms with Gasteiger partial charge in [0.25, 0.3) is 0 Å². The first-order valence-electron chi connectivity index (χ1n) is 52.4. The molecular weight excluding hydrogens is 1490 g/mol. The van der Waals surface area contributed by atoms with Crippen LogP contribution in [0.2, 0.25) is 0 Å². The Kier molecular flexibility index (Phi) is 55.2. The second-order valence-electron chi connectivity index (χ2n) is 37.2. The summed E-state index contributed by atoms with van der Waals surface area (Å²) in [6.45, 7) is 33.0. The molecule has 2 aliphatic carbocycles. The van der Waals surface area contributed by atoms with E-state index in [4.69, 9.17) is 8.83 Å². The molecule has 0 bridgehead atoms. The van der Waals surface area contributed by atoms with Gasteiger partial charge in [0.15, 0.2) is 0 Å². The third kappa shape index (κ3) is 36.7. The summed E-state index contributed by atoms with van der Waals surface area (Å²) in [5, 5.41) is 34.1. The summed E-state index contributed by atoms with van der Waals surface area (Å²) in [5.41, 5.74) is 7.35. The van der Waals surface area contributed by atoms with Gasteiger partial charge in [0.05, 0.1) is 12.1 Å². The van der Waals surface area contributed by atoms with E-state index < -0.39 is 41.5 Å². The van der Waals surface area contributed by atoms with Crippen molar-refractivity contribution in [2.24, 2.45) is 23.7 Å². The Hall–Kier alpha value is -5.64. The summed E-state index contributed by atoms with van der Waals surface area (Å²) in [5.74, 6) is -4.17. The van der Waals surface area contributed by atoms with Gasteiger partial charge in [-0.25, -0.2) is 9.15 Å². The fourth-order valence-corrected chi connectivity index (χ4v) is 21.0. The van der Waals surface area contributed by atoms with Crippen molar-refractivity contribution in [3.05, 3.63) is 94.6 Å². The highest BCUT2D eigenvalue weighted by Crippen LogP contribution is 2.53. The highest BCUT2D eigenvalue weighted by molar-refractivity contribution is 5.93. The van der Waals surface area contributed by atoms with Crippen LogP contribution in [0.25, 0.3) is 44.6 Å². The largest absolute Gasteiger partial charge is 0.550 e. The number of aliphatic carboxylic acids is 2. The van der Waals surface area contributed by atoms with E-state index in [1.54, 1.807) is 0 Å². The monoisotopic (exact) mass is 1670 g/mol. The molecule has 10 nitrogen and oxygen atoms in total. The minimum atomic E-state index is -1.09. The van der Waals surface area contributed by atoms with Crippen LogP contribution in [-0.2, 0) is 9.59 Å². The molecule has 2 aromatic carbocycles. The molecule has 0 radical (unpaired) electrons. The summed E-state index contributed by atoms with van der Waals surface area (Å²) in [6.07, 6.45) is 72.6. The van der Waals surface area contributed by atoms with Crippen LogP contribution >= 0.6 is 0 Å². The van der Waals surface area contributed by atoms with Gasteiger partial charge in [-0.05, 0) is 152 Å². The van der Waals surface area contributed by atoms with Crippen molar-refractivity contribution in [3.63, 3.8) is 0 Å². The molecule has 0 saturated heterocycles. The van der Waals surface area contributed by atoms with E-state index in [1.165, 1.54) is 295 Å². The lowest BCUT2D eigenvalue weighted by Gasteiger charge is -2.42. The minimum absolute atomic E-state index is 0.0360. The summed E-state index contributed by atoms with van der Waals surface area (Å²) in [4.78, 5) is 34.8. The topological polar surface area (TPSA) is 119 Å². The molecule has 684 valence electrons. The van der Waals surface area contributed by atoms with E-state index in [0.29, 0.717) is 24.2 Å². The highest BCUT2D eigenvalue weighted by Gasteiger charge is 2.42. The number of carboxylic acid groups (broad SMARTS) is 2. The van der Waals surface area contributed by atoms with Crippen LogP contribution in [0.15, 0.2) is 81.6 Å². The number of hydrogen-bond donors (Lipinski definition) is 0. The molecule has 2 heterocycles. The second-order valence-corrected chi connectivity index (χ2v) is 37.2. The molecular formula is C111H184N4O6. The fourth-order valence-electron chi connectivity index (χ4n) is 21.0. The Morgan fingerprint density at radius 3 is 0.818 bits per heavy atom. The van der Waals surface area contributed by atoms with Crippen molar-refractivity contribution in [2.45, 2.75) is 461 Å². The standard InChI is InChI=1S/C111H184N4O6/c1-13-25-27-29-31-33-35-37-39-41-43-45-47-49-51-53-55-57-59-61-63-65-67-69-71-73-75-90(15-3)106(108-97-81-77-92(112(17-5)18-6)86-102(97)120-103-87-93(78-82-98(103)108)113(19-7)20-8)101(111(118)119)85-91(76-74-72-70-68-66-64-62-60-58-56-54-52-50-48-46-44-42-40-38-36-34-32-30-28-26-14-2)107(96(16-4)110(116)117)109-99-83-79-94(114(21-9)22-10)88-104(99)121-105-89-95(80-84-100(105)109)115(23-11)24-12/h77-84,86-91,96,101,106-107H,13-76,85H2,1-12H3. The van der Waals surface area contributed by atoms with Gasteiger partial charge in [-0.1, -0.05) is 368 Å². The Balaban J connectivity index is 1.27. The third-order valence-electron chi connectivity index (χ3n) is 28.5. The Morgan fingerprint density at radius 2 is 0.570 bits per heavy atom. The van der Waals surface area contributed by atoms with E-state index in [-0.39, 0.29) is 12.3 Å². The molecule has 2 aliphatic heterocycles. The molecule has 0 saturated carbocycles. The number of anilines is 2. The van der Waals surface area contributed by atoms with E-state index in [2.05, 4.69) is 168 Å². The Bertz CT molecular complexity index is 3730. The van der Waals surface area contributed by atoms with Gasteiger partial charge in [-0.2, -0.15) is 0 Å². The zero-order valence-corrected chi connectivity index (χ0v) is 80.6. The van der Waals surface area contributed by atoms with Crippen molar-refractivity contribution in [1.29, 1.82) is 0 Å². The van der Waals surface area contributed by atoms with Gasteiger partial charge < -0.3 is 38.4 Å². The Morgan fingerprint density at radius 1 is 0.306 bits per heavy atom. The number of unbranched alkanes of at least 4 members (excludes halogenated alkanes) is 50. The molecule has 0 fully saturated rings. The first kappa shape index (κ1) is 104. The molecule has 0 spiro atoms. The number of carbonyl (C=O) groups excluding carboxylic acids is 2. The predicted molar refractivity (Wildman–Crippen MR) is 521 cm³/mol. The van der Waals surface area contributed by atoms with Crippen molar-refractivity contribution >= 4 is 45.3 Å². The first-order chi connectivity index (χ1) is 59.3. The van der Waals surface area contributed by atoms with Gasteiger partial charge in [0.2, 0.25) is 10.7 Å². The van der Waals surface area contributed by atoms with Crippen LogP contribution in [-0.4, -0.2) is 64.3 Å². The van der Waals surface area contributed by atoms with E-state index in [9.17, 15) is 9.90 Å². The molecule has 2 aromatic rings. The smallest absolute Gasteiger partial charge is 0.203 e. The Labute approximate surface area is 742 Å². The van der Waals surface area contributed by atoms with Gasteiger partial charge in [0, 0.05) is 107 Å². The lowest BCUT2D eigenvalue weighted by molar-refractivity contribution is -0.313. The third-order valence-corrected chi connectivity index (χ3v) is 28.5. The van der Waals surface area contributed by atoms with E-state index in [0.717, 1.165) is 170 Å². The van der Waals surface area contributed by atoms with Crippen LogP contribution in [0.3, 0.4) is 0 Å². The van der Waals surface area contributed by atoms with Gasteiger partial charge in [-0.3, -0.25) is 0 Å². The summed E-state index contributed by atoms with van der Waals surface area (Å²) in [6, 6.07) is 26.3. The molecule has 4 aliphatic rings. The van der Waals surface area contributed by atoms with Crippen LogP contribution in [0.1, 0.15) is 472 Å². The quantitative estimate of drug-likeness (QED) is 0.0210. The average Bonchev–Trinajstić information content (AvgIpc) is 0.742. The van der Waals surface area contributed by atoms with Gasteiger partial charge >= 0.3 is 0 Å². The molecule has 6 atom stereocenters. The molecule has 0 amide bonds. The van der Waals surface area contributed by atoms with Crippen molar-refractivity contribution in [2.75, 3.05) is 62.2 Å². The summed E-state index contributed by atoms with van der Waals surface area (Å²) >= 11 is 0. The van der Waals surface area contributed by atoms with Gasteiger partial charge in [0.1, 0.15) is 48.9 Å². The second kappa shape index (κ2) is 64.1. The summed E-state index contributed by atoms with van der Waals surface area (Å²) < 4.78 is 19.1. The molecule has 0 aromatic heterocycles. The first-order valence-corrected chi connectivity index (χ1v) is 52.4. The number of fused-ring (bicyclic) bond motifs is 4. The number of hydrogen-bond acceptors (Lipinski definition) is 8. The SMILES string of the molecule is CCCCCCCCCCCCCCCCCCCCCCCCCCCCC(CC(C(=O)[O-])C(c1c2ccc(=[N+](CC)CC)cc-2oc2cc(N(CC)CC)ccc12)C(CC)CCCCCCCCCCCCCCCCCCCCCCCCCCCC)C(c1c2ccc(=[N+](CC)CC)cc-2oc2cc(N(CC)CC)ccc12)C(CC)C(=O)[O-]. The maximum atomic E-state index is 15.5. The van der Waals surface area contributed by atoms with E-state index >= 15 is 9.90 Å². The zero-order valence-electron chi connectivity index (χ0n) is 80.6. The van der Waals surface area contributed by atoms with Crippen LogP contribution in [0.5, 0.6) is 0 Å². The summed E-state index contributed by atoms with van der Waals surface area (Å²) in [7, 11) is 0. The highest BCUT2D eigenvalue weighted by atomic mass is 16.4. The lowest BCUT2D eigenvalue weighted by Crippen LogP contribution is -2.42. The zero-order chi connectivity index (χ0) is 86.9. The average molecular weight is 1670 g/mol. The van der Waals surface area contributed by atoms with E-state index in [1.807, 2.05) is 6.92 Å². The molecule has 6 rings (SSSR count). The van der Waals surface area contributed by atoms with Gasteiger partial charge in [-0.15, -0.1) is 0 Å². The van der Waals surface area contributed by atoms with Crippen LogP contribution in [0, 0.1) is 23.7 Å². The number of carboxylic acids is 2. The molecule has 6 unspecified atom stereocenters. The minimum Gasteiger partial charge on any atom is -0.550 e.